The van der Waals surface area contributed by atoms with Crippen LogP contribution in [0.3, 0.4) is 0 Å². The van der Waals surface area contributed by atoms with Crippen LogP contribution in [0.25, 0.3) is 0 Å². The Morgan fingerprint density at radius 3 is 2.73 bits per heavy atom. The number of hydrogen-bond acceptors (Lipinski definition) is 4. The van der Waals surface area contributed by atoms with Crippen molar-refractivity contribution in [2.45, 2.75) is 18.0 Å². The molecule has 0 fully saturated rings. The molecule has 0 unspecified atom stereocenters. The quantitative estimate of drug-likeness (QED) is 0.847. The third kappa shape index (κ3) is 1.42. The second-order valence-electron chi connectivity index (χ2n) is 6.01. The van der Waals surface area contributed by atoms with Crippen LogP contribution >= 0.6 is 0 Å². The average Bonchev–Trinajstić information content (AvgIpc) is 3.14. The molecule has 5 rings (SSSR count). The van der Waals surface area contributed by atoms with E-state index in [4.69, 9.17) is 9.98 Å². The fourth-order valence-electron chi connectivity index (χ4n) is 3.86. The molecule has 2 aromatic rings. The van der Waals surface area contributed by atoms with Crippen LogP contribution < -0.4 is 10.6 Å². The van der Waals surface area contributed by atoms with Crippen molar-refractivity contribution in [2.24, 2.45) is 9.98 Å². The minimum atomic E-state index is -0.116. The normalized spacial score (nSPS) is 27.7. The summed E-state index contributed by atoms with van der Waals surface area (Å²) < 4.78 is 0. The number of benzene rings is 2. The molecule has 0 radical (unpaired) electrons. The molecule has 0 saturated heterocycles. The van der Waals surface area contributed by atoms with Crippen LogP contribution in [0, 0.1) is 0 Å². The van der Waals surface area contributed by atoms with Crippen LogP contribution in [-0.2, 0) is 5.41 Å². The summed E-state index contributed by atoms with van der Waals surface area (Å²) in [6.07, 6.45) is 1.04. The summed E-state index contributed by atoms with van der Waals surface area (Å²) in [6, 6.07) is 18.8. The van der Waals surface area contributed by atoms with Gasteiger partial charge < -0.3 is 10.6 Å². The van der Waals surface area contributed by atoms with Crippen molar-refractivity contribution in [3.8, 4) is 0 Å². The highest BCUT2D eigenvalue weighted by atomic mass is 15.2. The lowest BCUT2D eigenvalue weighted by atomic mass is 9.76. The number of aliphatic imine (C=N–C) groups is 2. The topological polar surface area (TPSA) is 48.8 Å². The van der Waals surface area contributed by atoms with E-state index < -0.39 is 0 Å². The van der Waals surface area contributed by atoms with E-state index in [0.717, 1.165) is 30.2 Å². The number of para-hydroxylation sites is 1. The van der Waals surface area contributed by atoms with Gasteiger partial charge in [0.2, 0.25) is 0 Å². The Labute approximate surface area is 129 Å². The molecular formula is C18H16N4. The van der Waals surface area contributed by atoms with Crippen molar-refractivity contribution in [1.82, 2.24) is 5.32 Å². The van der Waals surface area contributed by atoms with E-state index in [1.165, 1.54) is 11.3 Å². The highest BCUT2D eigenvalue weighted by Crippen LogP contribution is 2.48. The summed E-state index contributed by atoms with van der Waals surface area (Å²) in [5, 5.41) is 7.08. The molecule has 3 heterocycles. The molecular weight excluding hydrogens is 272 g/mol. The molecule has 1 spiro atoms. The molecule has 3 aliphatic heterocycles. The lowest BCUT2D eigenvalue weighted by Gasteiger charge is -2.35. The van der Waals surface area contributed by atoms with Gasteiger partial charge in [0.1, 0.15) is 17.8 Å². The van der Waals surface area contributed by atoms with E-state index >= 15 is 0 Å². The predicted molar refractivity (Wildman–Crippen MR) is 88.6 cm³/mol. The van der Waals surface area contributed by atoms with Gasteiger partial charge in [-0.15, -0.1) is 0 Å². The monoisotopic (exact) mass is 288 g/mol. The lowest BCUT2D eigenvalue weighted by Crippen LogP contribution is -2.55. The van der Waals surface area contributed by atoms with E-state index in [-0.39, 0.29) is 11.6 Å². The van der Waals surface area contributed by atoms with Gasteiger partial charge in [0.25, 0.3) is 0 Å². The van der Waals surface area contributed by atoms with Gasteiger partial charge in [-0.05, 0) is 18.1 Å². The van der Waals surface area contributed by atoms with E-state index in [2.05, 4.69) is 47.0 Å². The first kappa shape index (κ1) is 12.0. The number of hydrogen-bond donors (Lipinski definition) is 2. The third-order valence-electron chi connectivity index (χ3n) is 4.91. The second kappa shape index (κ2) is 4.19. The summed E-state index contributed by atoms with van der Waals surface area (Å²) >= 11 is 0. The fraction of sp³-hybridized carbons (Fsp3) is 0.222. The minimum absolute atomic E-state index is 0.0302. The minimum Gasteiger partial charge on any atom is -0.362 e. The first-order valence-corrected chi connectivity index (χ1v) is 7.69. The molecule has 0 bridgehead atoms. The summed E-state index contributed by atoms with van der Waals surface area (Å²) in [5.41, 5.74) is 3.49. The van der Waals surface area contributed by atoms with Crippen LogP contribution in [0.2, 0.25) is 0 Å². The van der Waals surface area contributed by atoms with Crippen molar-refractivity contribution in [2.75, 3.05) is 11.9 Å². The van der Waals surface area contributed by atoms with Crippen LogP contribution in [0.15, 0.2) is 64.6 Å². The number of fused-ring (bicyclic) bond motifs is 1. The van der Waals surface area contributed by atoms with Gasteiger partial charge in [0.05, 0.1) is 5.41 Å². The molecule has 4 heteroatoms. The van der Waals surface area contributed by atoms with Gasteiger partial charge in [-0.1, -0.05) is 48.5 Å². The Kier molecular flexibility index (Phi) is 2.28. The molecule has 4 nitrogen and oxygen atoms in total. The zero-order valence-electron chi connectivity index (χ0n) is 12.1. The summed E-state index contributed by atoms with van der Waals surface area (Å²) in [5.74, 6) is 1.96. The van der Waals surface area contributed by atoms with E-state index in [0.29, 0.717) is 0 Å². The molecule has 0 amide bonds. The maximum Gasteiger partial charge on any atom is 0.138 e. The van der Waals surface area contributed by atoms with Crippen molar-refractivity contribution in [1.29, 1.82) is 0 Å². The SMILES string of the molecule is c1ccc(C2=N[C@H]3Nc4ccccc4[C@]34CCN=C4N2)cc1. The smallest absolute Gasteiger partial charge is 0.138 e. The summed E-state index contributed by atoms with van der Waals surface area (Å²) in [4.78, 5) is 9.73. The zero-order chi connectivity index (χ0) is 14.6. The first-order valence-electron chi connectivity index (χ1n) is 7.69. The Morgan fingerprint density at radius 2 is 1.82 bits per heavy atom. The predicted octanol–water partition coefficient (Wildman–Crippen LogP) is 2.53. The van der Waals surface area contributed by atoms with Gasteiger partial charge in [-0.3, -0.25) is 4.99 Å². The summed E-state index contributed by atoms with van der Waals surface area (Å²) in [6.45, 7) is 0.854. The Morgan fingerprint density at radius 1 is 1.00 bits per heavy atom. The van der Waals surface area contributed by atoms with Crippen LogP contribution in [0.4, 0.5) is 5.69 Å². The van der Waals surface area contributed by atoms with Crippen LogP contribution in [-0.4, -0.2) is 24.4 Å². The highest BCUT2D eigenvalue weighted by molar-refractivity contribution is 6.16. The molecule has 2 aromatic carbocycles. The van der Waals surface area contributed by atoms with Crippen LogP contribution in [0.5, 0.6) is 0 Å². The second-order valence-corrected chi connectivity index (χ2v) is 6.01. The number of nitrogens with one attached hydrogen (secondary N) is 2. The fourth-order valence-corrected chi connectivity index (χ4v) is 3.86. The lowest BCUT2D eigenvalue weighted by molar-refractivity contribution is 0.496. The number of rotatable bonds is 1. The number of nitrogens with zero attached hydrogens (tertiary/aromatic N) is 2. The van der Waals surface area contributed by atoms with Gasteiger partial charge >= 0.3 is 0 Å². The van der Waals surface area contributed by atoms with Gasteiger partial charge in [-0.25, -0.2) is 4.99 Å². The largest absolute Gasteiger partial charge is 0.362 e. The number of anilines is 1. The third-order valence-corrected chi connectivity index (χ3v) is 4.91. The molecule has 0 aromatic heterocycles. The molecule has 0 aliphatic carbocycles. The molecule has 3 aliphatic rings. The standard InChI is InChI=1S/C18H16N4/c1-2-6-12(7-3-1)15-21-16-18(10-11-19-16)13-8-4-5-9-14(13)20-17(18)22-15/h1-9,17,20H,10-11H2,(H,19,21,22)/t17-,18+/m1/s1. The maximum absolute atomic E-state index is 4.98. The molecule has 2 N–H and O–H groups in total. The van der Waals surface area contributed by atoms with Crippen molar-refractivity contribution < 1.29 is 0 Å². The molecule has 0 saturated carbocycles. The molecule has 2 atom stereocenters. The average molecular weight is 288 g/mol. The highest BCUT2D eigenvalue weighted by Gasteiger charge is 2.55. The van der Waals surface area contributed by atoms with Gasteiger partial charge in [0, 0.05) is 17.8 Å². The van der Waals surface area contributed by atoms with Gasteiger partial charge in [-0.2, -0.15) is 0 Å². The maximum atomic E-state index is 4.98. The van der Waals surface area contributed by atoms with Crippen molar-refractivity contribution in [3.05, 3.63) is 65.7 Å². The van der Waals surface area contributed by atoms with E-state index in [1.807, 2.05) is 18.2 Å². The molecule has 22 heavy (non-hydrogen) atoms. The van der Waals surface area contributed by atoms with E-state index in [1.54, 1.807) is 0 Å². The Bertz CT molecular complexity index is 809. The first-order chi connectivity index (χ1) is 10.9. The summed E-state index contributed by atoms with van der Waals surface area (Å²) in [7, 11) is 0. The molecule has 108 valence electrons. The van der Waals surface area contributed by atoms with Gasteiger partial charge in [0.15, 0.2) is 0 Å². The van der Waals surface area contributed by atoms with E-state index in [9.17, 15) is 0 Å². The Balaban J connectivity index is 1.68. The van der Waals surface area contributed by atoms with Crippen molar-refractivity contribution in [3.63, 3.8) is 0 Å². The van der Waals surface area contributed by atoms with Crippen molar-refractivity contribution >= 4 is 17.4 Å². The zero-order valence-corrected chi connectivity index (χ0v) is 12.1. The number of amidine groups is 2. The van der Waals surface area contributed by atoms with Crippen LogP contribution in [0.1, 0.15) is 17.5 Å². The Hall–Kier alpha value is -2.62.